The summed E-state index contributed by atoms with van der Waals surface area (Å²) in [5.74, 6) is 0.0241. The van der Waals surface area contributed by atoms with Crippen molar-refractivity contribution in [3.05, 3.63) is 70.8 Å². The van der Waals surface area contributed by atoms with Crippen molar-refractivity contribution in [2.75, 3.05) is 0 Å². The normalized spacial score (nSPS) is 20.1. The maximum Gasteiger partial charge on any atom is 0.224 e. The first-order chi connectivity index (χ1) is 10.1. The first-order valence-electron chi connectivity index (χ1n) is 7.32. The van der Waals surface area contributed by atoms with Gasteiger partial charge in [-0.2, -0.15) is 0 Å². The molecule has 0 bridgehead atoms. The van der Waals surface area contributed by atoms with Crippen LogP contribution in [-0.2, 0) is 17.6 Å². The van der Waals surface area contributed by atoms with Crippen LogP contribution in [0.5, 0.6) is 0 Å². The zero-order chi connectivity index (χ0) is 14.8. The lowest BCUT2D eigenvalue weighted by atomic mass is 10.1. The summed E-state index contributed by atoms with van der Waals surface area (Å²) >= 11 is 0. The van der Waals surface area contributed by atoms with Crippen molar-refractivity contribution in [3.8, 4) is 0 Å². The maximum absolute atomic E-state index is 12.2. The van der Waals surface area contributed by atoms with Crippen LogP contribution in [0.1, 0.15) is 28.3 Å². The van der Waals surface area contributed by atoms with E-state index in [0.717, 1.165) is 17.5 Å². The summed E-state index contributed by atoms with van der Waals surface area (Å²) in [5, 5.41) is 3.08. The van der Waals surface area contributed by atoms with Gasteiger partial charge >= 0.3 is 0 Å². The largest absolute Gasteiger partial charge is 0.347 e. The van der Waals surface area contributed by atoms with Crippen LogP contribution in [0.3, 0.4) is 0 Å². The van der Waals surface area contributed by atoms with Crippen molar-refractivity contribution in [2.45, 2.75) is 31.8 Å². The molecule has 0 heterocycles. The fourth-order valence-electron chi connectivity index (χ4n) is 2.93. The Kier molecular flexibility index (Phi) is 3.76. The molecular weight excluding hydrogens is 260 g/mol. The molecule has 2 atom stereocenters. The average molecular weight is 280 g/mol. The molecule has 3 rings (SSSR count). The highest BCUT2D eigenvalue weighted by atomic mass is 16.1. The molecule has 0 saturated carbocycles. The predicted molar refractivity (Wildman–Crippen MR) is 83.9 cm³/mol. The molecule has 3 heteroatoms. The Bertz CT molecular complexity index is 649. The Morgan fingerprint density at radius 2 is 1.90 bits per heavy atom. The minimum atomic E-state index is -0.0702. The van der Waals surface area contributed by atoms with E-state index in [1.807, 2.05) is 43.3 Å². The second kappa shape index (κ2) is 5.70. The molecule has 0 fully saturated rings. The van der Waals surface area contributed by atoms with Gasteiger partial charge in [-0.3, -0.25) is 4.79 Å². The first kappa shape index (κ1) is 13.8. The monoisotopic (exact) mass is 280 g/mol. The Morgan fingerprint density at radius 3 is 2.67 bits per heavy atom. The molecule has 0 saturated heterocycles. The molecule has 1 amide bonds. The van der Waals surface area contributed by atoms with E-state index >= 15 is 0 Å². The van der Waals surface area contributed by atoms with E-state index in [2.05, 4.69) is 17.4 Å². The number of hydrogen-bond donors (Lipinski definition) is 2. The summed E-state index contributed by atoms with van der Waals surface area (Å²) in [7, 11) is 0. The van der Waals surface area contributed by atoms with Crippen molar-refractivity contribution in [1.29, 1.82) is 0 Å². The Hall–Kier alpha value is -2.13. The van der Waals surface area contributed by atoms with Gasteiger partial charge in [0.2, 0.25) is 5.91 Å². The third-order valence-corrected chi connectivity index (χ3v) is 4.08. The summed E-state index contributed by atoms with van der Waals surface area (Å²) in [6, 6.07) is 16.1. The van der Waals surface area contributed by atoms with Gasteiger partial charge < -0.3 is 11.1 Å². The topological polar surface area (TPSA) is 55.1 Å². The van der Waals surface area contributed by atoms with Gasteiger partial charge in [-0.15, -0.1) is 0 Å². The summed E-state index contributed by atoms with van der Waals surface area (Å²) in [6.45, 7) is 2.04. The molecule has 2 aromatic carbocycles. The third kappa shape index (κ3) is 2.98. The van der Waals surface area contributed by atoms with Gasteiger partial charge in [0.05, 0.1) is 12.5 Å². The molecule has 2 aromatic rings. The Balaban J connectivity index is 1.69. The van der Waals surface area contributed by atoms with Crippen LogP contribution in [0.4, 0.5) is 0 Å². The number of fused-ring (bicyclic) bond motifs is 1. The standard InChI is InChI=1S/C18H20N2O/c1-12-6-8-13(9-7-12)10-17(21)20-18-15-5-3-2-4-14(15)11-16(18)19/h2-9,16,18H,10-11,19H2,1H3,(H,20,21). The van der Waals surface area contributed by atoms with Crippen molar-refractivity contribution in [3.63, 3.8) is 0 Å². The molecule has 21 heavy (non-hydrogen) atoms. The van der Waals surface area contributed by atoms with Gasteiger partial charge in [0.25, 0.3) is 0 Å². The van der Waals surface area contributed by atoms with Crippen molar-refractivity contribution >= 4 is 5.91 Å². The Labute approximate surface area is 125 Å². The van der Waals surface area contributed by atoms with Gasteiger partial charge in [0.15, 0.2) is 0 Å². The maximum atomic E-state index is 12.2. The molecule has 3 nitrogen and oxygen atoms in total. The highest BCUT2D eigenvalue weighted by Gasteiger charge is 2.30. The lowest BCUT2D eigenvalue weighted by Crippen LogP contribution is -2.39. The molecule has 0 radical (unpaired) electrons. The van der Waals surface area contributed by atoms with Crippen LogP contribution in [0.15, 0.2) is 48.5 Å². The third-order valence-electron chi connectivity index (χ3n) is 4.08. The zero-order valence-corrected chi connectivity index (χ0v) is 12.2. The second-order valence-corrected chi connectivity index (χ2v) is 5.77. The average Bonchev–Trinajstić information content (AvgIpc) is 2.78. The number of hydrogen-bond acceptors (Lipinski definition) is 2. The summed E-state index contributed by atoms with van der Waals surface area (Å²) in [5.41, 5.74) is 10.8. The van der Waals surface area contributed by atoms with E-state index in [-0.39, 0.29) is 18.0 Å². The SMILES string of the molecule is Cc1ccc(CC(=O)NC2c3ccccc3CC2N)cc1. The first-order valence-corrected chi connectivity index (χ1v) is 7.32. The van der Waals surface area contributed by atoms with Crippen molar-refractivity contribution < 1.29 is 4.79 Å². The van der Waals surface area contributed by atoms with E-state index in [0.29, 0.717) is 6.42 Å². The van der Waals surface area contributed by atoms with Crippen LogP contribution < -0.4 is 11.1 Å². The molecule has 0 aliphatic heterocycles. The van der Waals surface area contributed by atoms with Gasteiger partial charge in [0, 0.05) is 6.04 Å². The minimum absolute atomic E-state index is 0.0241. The summed E-state index contributed by atoms with van der Waals surface area (Å²) in [4.78, 5) is 12.2. The van der Waals surface area contributed by atoms with E-state index in [1.54, 1.807) is 0 Å². The summed E-state index contributed by atoms with van der Waals surface area (Å²) in [6.07, 6.45) is 1.22. The van der Waals surface area contributed by atoms with E-state index in [1.165, 1.54) is 11.1 Å². The highest BCUT2D eigenvalue weighted by molar-refractivity contribution is 5.79. The van der Waals surface area contributed by atoms with E-state index in [9.17, 15) is 4.79 Å². The Morgan fingerprint density at radius 1 is 1.19 bits per heavy atom. The fraction of sp³-hybridized carbons (Fsp3) is 0.278. The van der Waals surface area contributed by atoms with Crippen LogP contribution in [-0.4, -0.2) is 11.9 Å². The quantitative estimate of drug-likeness (QED) is 0.906. The number of nitrogens with one attached hydrogen (secondary N) is 1. The molecule has 1 aliphatic rings. The van der Waals surface area contributed by atoms with Crippen LogP contribution in [0, 0.1) is 6.92 Å². The number of aryl methyl sites for hydroxylation is 1. The lowest BCUT2D eigenvalue weighted by Gasteiger charge is -2.18. The van der Waals surface area contributed by atoms with Crippen LogP contribution in [0.25, 0.3) is 0 Å². The predicted octanol–water partition coefficient (Wildman–Crippen LogP) is 2.28. The molecule has 0 spiro atoms. The summed E-state index contributed by atoms with van der Waals surface area (Å²) < 4.78 is 0. The lowest BCUT2D eigenvalue weighted by molar-refractivity contribution is -0.121. The molecule has 3 N–H and O–H groups in total. The van der Waals surface area contributed by atoms with E-state index in [4.69, 9.17) is 5.73 Å². The highest BCUT2D eigenvalue weighted by Crippen LogP contribution is 2.30. The minimum Gasteiger partial charge on any atom is -0.347 e. The van der Waals surface area contributed by atoms with Gasteiger partial charge in [-0.05, 0) is 30.0 Å². The van der Waals surface area contributed by atoms with Crippen molar-refractivity contribution in [2.24, 2.45) is 5.73 Å². The molecule has 108 valence electrons. The van der Waals surface area contributed by atoms with E-state index < -0.39 is 0 Å². The smallest absolute Gasteiger partial charge is 0.224 e. The van der Waals surface area contributed by atoms with Crippen molar-refractivity contribution in [1.82, 2.24) is 5.32 Å². The van der Waals surface area contributed by atoms with Gasteiger partial charge in [-0.25, -0.2) is 0 Å². The number of benzene rings is 2. The fourth-order valence-corrected chi connectivity index (χ4v) is 2.93. The zero-order valence-electron chi connectivity index (χ0n) is 12.2. The number of amides is 1. The van der Waals surface area contributed by atoms with Crippen LogP contribution >= 0.6 is 0 Å². The molecule has 0 aromatic heterocycles. The number of rotatable bonds is 3. The van der Waals surface area contributed by atoms with Gasteiger partial charge in [-0.1, -0.05) is 54.1 Å². The number of carbonyl (C=O) groups excluding carboxylic acids is 1. The van der Waals surface area contributed by atoms with Crippen LogP contribution in [0.2, 0.25) is 0 Å². The molecule has 2 unspecified atom stereocenters. The molecular formula is C18H20N2O. The molecule has 1 aliphatic carbocycles. The number of nitrogens with two attached hydrogens (primary N) is 1. The number of carbonyl (C=O) groups is 1. The second-order valence-electron chi connectivity index (χ2n) is 5.77. The van der Waals surface area contributed by atoms with Gasteiger partial charge in [0.1, 0.15) is 0 Å².